The fourth-order valence-electron chi connectivity index (χ4n) is 2.86. The Morgan fingerprint density at radius 2 is 1.53 bits per heavy atom. The van der Waals surface area contributed by atoms with Crippen molar-refractivity contribution >= 4 is 23.9 Å². The number of ether oxygens (including phenoxy) is 5. The van der Waals surface area contributed by atoms with E-state index in [0.717, 1.165) is 11.1 Å². The first-order chi connectivity index (χ1) is 14.5. The zero-order chi connectivity index (χ0) is 22.1. The van der Waals surface area contributed by atoms with Crippen molar-refractivity contribution in [2.45, 2.75) is 6.92 Å². The molecular formula is C23H27NO6. The van der Waals surface area contributed by atoms with Crippen molar-refractivity contribution in [1.29, 1.82) is 0 Å². The van der Waals surface area contributed by atoms with Crippen LogP contribution in [0.4, 0.5) is 4.79 Å². The van der Waals surface area contributed by atoms with Crippen LogP contribution in [0.3, 0.4) is 0 Å². The van der Waals surface area contributed by atoms with Crippen molar-refractivity contribution in [2.24, 2.45) is 0 Å². The second kappa shape index (κ2) is 10.8. The molecular weight excluding hydrogens is 386 g/mol. The van der Waals surface area contributed by atoms with Gasteiger partial charge in [-0.15, -0.1) is 0 Å². The zero-order valence-corrected chi connectivity index (χ0v) is 17.9. The van der Waals surface area contributed by atoms with Gasteiger partial charge in [-0.25, -0.2) is 4.79 Å². The molecule has 0 aromatic heterocycles. The zero-order valence-electron chi connectivity index (χ0n) is 17.9. The standard InChI is InChI=1S/C23H27NO6/c1-7-16-13-21(28-5)22(29-6)14-17(16)18(24-23(25)30-8-2)11-15-9-10-19(26-3)20(12-15)27-4/h7,9-14H,1,8H2,2-6H3,(H,24,25)/b18-11+. The van der Waals surface area contributed by atoms with Crippen LogP contribution >= 0.6 is 0 Å². The molecule has 30 heavy (non-hydrogen) atoms. The highest BCUT2D eigenvalue weighted by molar-refractivity contribution is 5.92. The predicted molar refractivity (Wildman–Crippen MR) is 117 cm³/mol. The maximum Gasteiger partial charge on any atom is 0.411 e. The maximum absolute atomic E-state index is 12.2. The van der Waals surface area contributed by atoms with Gasteiger partial charge in [-0.1, -0.05) is 18.7 Å². The van der Waals surface area contributed by atoms with Gasteiger partial charge in [-0.05, 0) is 48.4 Å². The SMILES string of the molecule is C=Cc1cc(OC)c(OC)cc1/C(=C\c1ccc(OC)c(OC)c1)NC(=O)OCC. The lowest BCUT2D eigenvalue weighted by Gasteiger charge is -2.17. The molecule has 0 aliphatic rings. The predicted octanol–water partition coefficient (Wildman–Crippen LogP) is 4.61. The average Bonchev–Trinajstić information content (AvgIpc) is 2.77. The summed E-state index contributed by atoms with van der Waals surface area (Å²) in [5, 5.41) is 2.80. The molecule has 0 heterocycles. The third kappa shape index (κ3) is 5.26. The van der Waals surface area contributed by atoms with E-state index < -0.39 is 6.09 Å². The van der Waals surface area contributed by atoms with Gasteiger partial charge in [0.1, 0.15) is 0 Å². The summed E-state index contributed by atoms with van der Waals surface area (Å²) in [5.74, 6) is 2.24. The summed E-state index contributed by atoms with van der Waals surface area (Å²) >= 11 is 0. The molecule has 1 N–H and O–H groups in total. The van der Waals surface area contributed by atoms with Crippen LogP contribution in [0.25, 0.3) is 17.8 Å². The van der Waals surface area contributed by atoms with Crippen molar-refractivity contribution in [3.8, 4) is 23.0 Å². The van der Waals surface area contributed by atoms with E-state index in [-0.39, 0.29) is 6.61 Å². The molecule has 7 heteroatoms. The molecule has 2 aromatic carbocycles. The van der Waals surface area contributed by atoms with Crippen LogP contribution in [-0.4, -0.2) is 41.1 Å². The Balaban J connectivity index is 2.65. The van der Waals surface area contributed by atoms with E-state index in [4.69, 9.17) is 23.7 Å². The van der Waals surface area contributed by atoms with Crippen molar-refractivity contribution in [1.82, 2.24) is 5.32 Å². The van der Waals surface area contributed by atoms with E-state index >= 15 is 0 Å². The van der Waals surface area contributed by atoms with Gasteiger partial charge in [0.15, 0.2) is 23.0 Å². The quantitative estimate of drug-likeness (QED) is 0.605. The van der Waals surface area contributed by atoms with Crippen LogP contribution in [0.15, 0.2) is 36.9 Å². The molecule has 0 saturated heterocycles. The summed E-state index contributed by atoms with van der Waals surface area (Å²) in [6, 6.07) is 9.00. The van der Waals surface area contributed by atoms with Crippen LogP contribution in [0.2, 0.25) is 0 Å². The third-order valence-corrected chi connectivity index (χ3v) is 4.30. The highest BCUT2D eigenvalue weighted by atomic mass is 16.5. The highest BCUT2D eigenvalue weighted by Crippen LogP contribution is 2.35. The molecule has 0 unspecified atom stereocenters. The number of carbonyl (C=O) groups excluding carboxylic acids is 1. The fraction of sp³-hybridized carbons (Fsp3) is 0.261. The molecule has 2 aromatic rings. The molecule has 0 bridgehead atoms. The lowest BCUT2D eigenvalue weighted by Crippen LogP contribution is -2.23. The van der Waals surface area contributed by atoms with Crippen molar-refractivity contribution < 1.29 is 28.5 Å². The summed E-state index contributed by atoms with van der Waals surface area (Å²) in [7, 11) is 6.24. The number of carbonyl (C=O) groups is 1. The first-order valence-electron chi connectivity index (χ1n) is 9.27. The van der Waals surface area contributed by atoms with E-state index in [1.165, 1.54) is 0 Å². The number of benzene rings is 2. The summed E-state index contributed by atoms with van der Waals surface area (Å²) in [5.41, 5.74) is 2.71. The van der Waals surface area contributed by atoms with Gasteiger partial charge in [-0.3, -0.25) is 5.32 Å². The van der Waals surface area contributed by atoms with Gasteiger partial charge >= 0.3 is 6.09 Å². The van der Waals surface area contributed by atoms with Crippen molar-refractivity contribution in [2.75, 3.05) is 35.0 Å². The van der Waals surface area contributed by atoms with Crippen molar-refractivity contribution in [3.05, 3.63) is 53.6 Å². The maximum atomic E-state index is 12.2. The first kappa shape index (κ1) is 22.7. The Kier molecular flexibility index (Phi) is 8.17. The van der Waals surface area contributed by atoms with Crippen LogP contribution < -0.4 is 24.3 Å². The van der Waals surface area contributed by atoms with E-state index in [1.807, 2.05) is 6.07 Å². The van der Waals surface area contributed by atoms with E-state index in [1.54, 1.807) is 71.8 Å². The molecule has 0 radical (unpaired) electrons. The summed E-state index contributed by atoms with van der Waals surface area (Å²) < 4.78 is 26.5. The number of hydrogen-bond acceptors (Lipinski definition) is 6. The van der Waals surface area contributed by atoms with Crippen LogP contribution in [0, 0.1) is 0 Å². The second-order valence-electron chi connectivity index (χ2n) is 6.02. The van der Waals surface area contributed by atoms with E-state index in [9.17, 15) is 4.79 Å². The molecule has 0 atom stereocenters. The topological polar surface area (TPSA) is 75.3 Å². The lowest BCUT2D eigenvalue weighted by atomic mass is 10.0. The van der Waals surface area contributed by atoms with Gasteiger partial charge in [0, 0.05) is 5.56 Å². The number of alkyl carbamates (subject to hydrolysis) is 1. The van der Waals surface area contributed by atoms with Crippen molar-refractivity contribution in [3.63, 3.8) is 0 Å². The number of rotatable bonds is 9. The molecule has 7 nitrogen and oxygen atoms in total. The van der Waals surface area contributed by atoms with Crippen LogP contribution in [0.5, 0.6) is 23.0 Å². The summed E-state index contributed by atoms with van der Waals surface area (Å²) in [6.07, 6.45) is 2.90. The Bertz CT molecular complexity index is 936. The van der Waals surface area contributed by atoms with Gasteiger partial charge in [0.05, 0.1) is 40.7 Å². The largest absolute Gasteiger partial charge is 0.493 e. The molecule has 0 fully saturated rings. The minimum absolute atomic E-state index is 0.246. The Labute approximate surface area is 176 Å². The van der Waals surface area contributed by atoms with E-state index in [0.29, 0.717) is 34.3 Å². The van der Waals surface area contributed by atoms with Gasteiger partial charge in [0.25, 0.3) is 0 Å². The molecule has 160 valence electrons. The number of nitrogens with one attached hydrogen (secondary N) is 1. The van der Waals surface area contributed by atoms with E-state index in [2.05, 4.69) is 11.9 Å². The first-order valence-corrected chi connectivity index (χ1v) is 9.27. The number of amides is 1. The molecule has 0 saturated carbocycles. The average molecular weight is 413 g/mol. The molecule has 1 amide bonds. The Morgan fingerprint density at radius 3 is 2.10 bits per heavy atom. The van der Waals surface area contributed by atoms with Gasteiger partial charge < -0.3 is 23.7 Å². The monoisotopic (exact) mass is 413 g/mol. The Hall–Kier alpha value is -3.61. The third-order valence-electron chi connectivity index (χ3n) is 4.30. The number of methoxy groups -OCH3 is 4. The second-order valence-corrected chi connectivity index (χ2v) is 6.02. The minimum atomic E-state index is -0.575. The molecule has 0 spiro atoms. The smallest absolute Gasteiger partial charge is 0.411 e. The lowest BCUT2D eigenvalue weighted by molar-refractivity contribution is 0.157. The minimum Gasteiger partial charge on any atom is -0.493 e. The van der Waals surface area contributed by atoms with Gasteiger partial charge in [-0.2, -0.15) is 0 Å². The summed E-state index contributed by atoms with van der Waals surface area (Å²) in [4.78, 5) is 12.2. The van der Waals surface area contributed by atoms with Crippen LogP contribution in [0.1, 0.15) is 23.6 Å². The highest BCUT2D eigenvalue weighted by Gasteiger charge is 2.16. The normalized spacial score (nSPS) is 10.8. The molecule has 2 rings (SSSR count). The molecule has 0 aliphatic heterocycles. The molecule has 0 aliphatic carbocycles. The van der Waals surface area contributed by atoms with Gasteiger partial charge in [0.2, 0.25) is 0 Å². The summed E-state index contributed by atoms with van der Waals surface area (Å²) in [6.45, 7) is 5.86. The fourth-order valence-corrected chi connectivity index (χ4v) is 2.86. The number of hydrogen-bond donors (Lipinski definition) is 1. The van der Waals surface area contributed by atoms with Crippen LogP contribution in [-0.2, 0) is 4.74 Å². The Morgan fingerprint density at radius 1 is 0.933 bits per heavy atom.